The Hall–Kier alpha value is -2.58. The van der Waals surface area contributed by atoms with Crippen molar-refractivity contribution in [2.24, 2.45) is 0 Å². The highest BCUT2D eigenvalue weighted by Gasteiger charge is 2.28. The molecule has 1 heterocycles. The van der Waals surface area contributed by atoms with Gasteiger partial charge in [-0.25, -0.2) is 0 Å². The van der Waals surface area contributed by atoms with Crippen LogP contribution in [-0.2, 0) is 6.54 Å². The number of alkyl halides is 3. The average Bonchev–Trinajstić information content (AvgIpc) is 2.83. The summed E-state index contributed by atoms with van der Waals surface area (Å²) < 4.78 is 37.5. The highest BCUT2D eigenvalue weighted by molar-refractivity contribution is 5.43. The third-order valence-electron chi connectivity index (χ3n) is 2.96. The molecule has 0 saturated heterocycles. The van der Waals surface area contributed by atoms with Crippen molar-refractivity contribution in [2.45, 2.75) is 25.7 Å². The highest BCUT2D eigenvalue weighted by Crippen LogP contribution is 2.22. The Balaban J connectivity index is 2.02. The summed E-state index contributed by atoms with van der Waals surface area (Å²) in [6, 6.07) is 5.71. The Kier molecular flexibility index (Phi) is 4.34. The summed E-state index contributed by atoms with van der Waals surface area (Å²) in [6.45, 7) is 0.642. The summed E-state index contributed by atoms with van der Waals surface area (Å²) in [6.07, 6.45) is -1.77. The Morgan fingerprint density at radius 2 is 2.00 bits per heavy atom. The lowest BCUT2D eigenvalue weighted by Crippen LogP contribution is -2.17. The molecule has 0 amide bonds. The molecule has 1 aromatic carbocycles. The van der Waals surface area contributed by atoms with Crippen LogP contribution < -0.4 is 5.32 Å². The van der Waals surface area contributed by atoms with E-state index in [4.69, 9.17) is 0 Å². The fourth-order valence-corrected chi connectivity index (χ4v) is 1.93. The van der Waals surface area contributed by atoms with Crippen molar-refractivity contribution >= 4 is 11.4 Å². The molecule has 0 bridgehead atoms. The Morgan fingerprint density at radius 3 is 2.55 bits per heavy atom. The van der Waals surface area contributed by atoms with Crippen LogP contribution >= 0.6 is 0 Å². The van der Waals surface area contributed by atoms with E-state index in [1.807, 2.05) is 0 Å². The van der Waals surface area contributed by atoms with Crippen LogP contribution in [0.1, 0.15) is 18.5 Å². The molecule has 9 heteroatoms. The molecule has 2 rings (SSSR count). The number of hydrogen-bond donors (Lipinski definition) is 1. The van der Waals surface area contributed by atoms with Crippen LogP contribution in [-0.4, -0.2) is 20.9 Å². The number of nitro benzene ring substituents is 1. The number of anilines is 1. The maximum absolute atomic E-state index is 12.2. The maximum atomic E-state index is 12.2. The molecule has 118 valence electrons. The van der Waals surface area contributed by atoms with E-state index < -0.39 is 17.6 Å². The number of hydrogen-bond acceptors (Lipinski definition) is 4. The number of nitrogens with one attached hydrogen (secondary N) is 1. The lowest BCUT2D eigenvalue weighted by Gasteiger charge is -2.13. The fraction of sp³-hybridized carbons (Fsp3) is 0.308. The van der Waals surface area contributed by atoms with E-state index in [2.05, 4.69) is 10.4 Å². The molecule has 1 aromatic heterocycles. The predicted octanol–water partition coefficient (Wildman–Crippen LogP) is 3.53. The third kappa shape index (κ3) is 4.21. The van der Waals surface area contributed by atoms with Crippen LogP contribution in [0, 0.1) is 10.1 Å². The first-order valence-corrected chi connectivity index (χ1v) is 6.35. The van der Waals surface area contributed by atoms with Gasteiger partial charge >= 0.3 is 6.18 Å². The molecule has 2 aromatic rings. The molecule has 1 atom stereocenters. The topological polar surface area (TPSA) is 73.0 Å². The standard InChI is InChI=1S/C13H13F3N4O2/c1-9(10-2-4-12(5-3-10)20(21)22)18-11-6-17-19(7-11)8-13(14,15)16/h2-7,9,18H,8H2,1H3/t9-/m0/s1. The van der Waals surface area contributed by atoms with Gasteiger partial charge in [0.1, 0.15) is 6.54 Å². The predicted molar refractivity (Wildman–Crippen MR) is 73.4 cm³/mol. The van der Waals surface area contributed by atoms with Gasteiger partial charge in [-0.2, -0.15) is 18.3 Å². The molecule has 6 nitrogen and oxygen atoms in total. The second kappa shape index (κ2) is 6.04. The van der Waals surface area contributed by atoms with Crippen LogP contribution in [0.2, 0.25) is 0 Å². The van der Waals surface area contributed by atoms with Crippen LogP contribution in [0.4, 0.5) is 24.5 Å². The minimum absolute atomic E-state index is 0.0195. The number of non-ortho nitro benzene ring substituents is 1. The van der Waals surface area contributed by atoms with Crippen molar-refractivity contribution in [1.82, 2.24) is 9.78 Å². The Bertz CT molecular complexity index is 652. The largest absolute Gasteiger partial charge is 0.408 e. The van der Waals surface area contributed by atoms with Gasteiger partial charge in [0.15, 0.2) is 0 Å². The fourth-order valence-electron chi connectivity index (χ4n) is 1.93. The van der Waals surface area contributed by atoms with Crippen LogP contribution in [0.3, 0.4) is 0 Å². The highest BCUT2D eigenvalue weighted by atomic mass is 19.4. The molecule has 0 spiro atoms. The minimum atomic E-state index is -4.33. The van der Waals surface area contributed by atoms with Gasteiger partial charge in [0.2, 0.25) is 0 Å². The summed E-state index contributed by atoms with van der Waals surface area (Å²) >= 11 is 0. The first-order valence-electron chi connectivity index (χ1n) is 6.35. The summed E-state index contributed by atoms with van der Waals surface area (Å²) in [5, 5.41) is 17.2. The van der Waals surface area contributed by atoms with E-state index >= 15 is 0 Å². The van der Waals surface area contributed by atoms with Crippen LogP contribution in [0.5, 0.6) is 0 Å². The van der Waals surface area contributed by atoms with Gasteiger partial charge < -0.3 is 5.32 Å². The SMILES string of the molecule is C[C@H](Nc1cnn(CC(F)(F)F)c1)c1ccc([N+](=O)[O-])cc1. The summed E-state index contributed by atoms with van der Waals surface area (Å²) in [5.74, 6) is 0. The van der Waals surface area contributed by atoms with Gasteiger partial charge in [0.05, 0.1) is 16.8 Å². The van der Waals surface area contributed by atoms with Crippen molar-refractivity contribution in [3.63, 3.8) is 0 Å². The molecule has 22 heavy (non-hydrogen) atoms. The zero-order chi connectivity index (χ0) is 16.3. The molecular weight excluding hydrogens is 301 g/mol. The number of halogens is 3. The number of rotatable bonds is 5. The van der Waals surface area contributed by atoms with E-state index in [0.717, 1.165) is 10.2 Å². The van der Waals surface area contributed by atoms with Crippen molar-refractivity contribution in [2.75, 3.05) is 5.32 Å². The molecule has 0 unspecified atom stereocenters. The second-order valence-electron chi connectivity index (χ2n) is 4.76. The molecule has 0 fully saturated rings. The maximum Gasteiger partial charge on any atom is 0.408 e. The average molecular weight is 314 g/mol. The molecule has 1 N–H and O–H groups in total. The second-order valence-corrected chi connectivity index (χ2v) is 4.76. The monoisotopic (exact) mass is 314 g/mol. The number of nitro groups is 1. The zero-order valence-corrected chi connectivity index (χ0v) is 11.5. The number of benzene rings is 1. The minimum Gasteiger partial charge on any atom is -0.376 e. The van der Waals surface area contributed by atoms with E-state index in [1.54, 1.807) is 19.1 Å². The van der Waals surface area contributed by atoms with E-state index in [9.17, 15) is 23.3 Å². The first kappa shape index (κ1) is 15.8. The summed E-state index contributed by atoms with van der Waals surface area (Å²) in [5.41, 5.74) is 1.19. The van der Waals surface area contributed by atoms with Gasteiger partial charge in [-0.05, 0) is 12.5 Å². The van der Waals surface area contributed by atoms with Crippen molar-refractivity contribution < 1.29 is 18.1 Å². The van der Waals surface area contributed by atoms with Gasteiger partial charge in [0.25, 0.3) is 5.69 Å². The van der Waals surface area contributed by atoms with Gasteiger partial charge in [-0.15, -0.1) is 0 Å². The normalized spacial score (nSPS) is 12.9. The van der Waals surface area contributed by atoms with Gasteiger partial charge in [-0.1, -0.05) is 12.1 Å². The molecule has 0 radical (unpaired) electrons. The van der Waals surface area contributed by atoms with Crippen molar-refractivity contribution in [3.8, 4) is 0 Å². The smallest absolute Gasteiger partial charge is 0.376 e. The summed E-state index contributed by atoms with van der Waals surface area (Å²) in [7, 11) is 0. The molecule has 0 saturated carbocycles. The quantitative estimate of drug-likeness (QED) is 0.677. The molecule has 0 aliphatic heterocycles. The Morgan fingerprint density at radius 1 is 1.36 bits per heavy atom. The molecule has 0 aliphatic carbocycles. The number of aromatic nitrogens is 2. The van der Waals surface area contributed by atoms with Gasteiger partial charge in [-0.3, -0.25) is 14.8 Å². The lowest BCUT2D eigenvalue weighted by atomic mass is 10.1. The third-order valence-corrected chi connectivity index (χ3v) is 2.96. The summed E-state index contributed by atoms with van der Waals surface area (Å²) in [4.78, 5) is 10.1. The van der Waals surface area contributed by atoms with E-state index in [1.165, 1.54) is 24.5 Å². The van der Waals surface area contributed by atoms with Crippen LogP contribution in [0.25, 0.3) is 0 Å². The molecular formula is C13H13F3N4O2. The first-order chi connectivity index (χ1) is 10.2. The lowest BCUT2D eigenvalue weighted by molar-refractivity contribution is -0.384. The molecule has 0 aliphatic rings. The Labute approximate surface area is 123 Å². The zero-order valence-electron chi connectivity index (χ0n) is 11.5. The van der Waals surface area contributed by atoms with Crippen molar-refractivity contribution in [1.29, 1.82) is 0 Å². The van der Waals surface area contributed by atoms with E-state index in [-0.39, 0.29) is 11.7 Å². The van der Waals surface area contributed by atoms with Crippen LogP contribution in [0.15, 0.2) is 36.7 Å². The van der Waals surface area contributed by atoms with Gasteiger partial charge in [0, 0.05) is 24.4 Å². The number of nitrogens with zero attached hydrogens (tertiary/aromatic N) is 3. The van der Waals surface area contributed by atoms with Crippen molar-refractivity contribution in [3.05, 3.63) is 52.3 Å². The van der Waals surface area contributed by atoms with E-state index in [0.29, 0.717) is 5.69 Å².